The first kappa shape index (κ1) is 17.0. The summed E-state index contributed by atoms with van der Waals surface area (Å²) in [5.41, 5.74) is 0. The van der Waals surface area contributed by atoms with Crippen molar-refractivity contribution in [2.45, 2.75) is 33.1 Å². The van der Waals surface area contributed by atoms with Gasteiger partial charge in [0.05, 0.1) is 0 Å². The lowest BCUT2D eigenvalue weighted by Crippen LogP contribution is -1.61. The predicted molar refractivity (Wildman–Crippen MR) is 50.6 cm³/mol. The highest BCUT2D eigenvalue weighted by Crippen LogP contribution is 1.91. The molecule has 0 bridgehead atoms. The molecule has 0 aromatic rings. The standard InChI is InChI=1S/C6H12.C2H6O.CH4O/c1-3-5-6-4-2;1-2-3;1-2/h3H,1,4-6H2,2H3;3H,2H2,1H3;2H,1H3. The minimum absolute atomic E-state index is 0.250. The minimum atomic E-state index is 0.250. The molecule has 0 fully saturated rings. The quantitative estimate of drug-likeness (QED) is 0.492. The van der Waals surface area contributed by atoms with Gasteiger partial charge in [0.2, 0.25) is 0 Å². The molecule has 0 rings (SSSR count). The summed E-state index contributed by atoms with van der Waals surface area (Å²) >= 11 is 0. The van der Waals surface area contributed by atoms with Crippen LogP contribution in [0.1, 0.15) is 33.1 Å². The summed E-state index contributed by atoms with van der Waals surface area (Å²) in [5, 5.41) is 14.6. The lowest BCUT2D eigenvalue weighted by molar-refractivity contribution is 0.318. The van der Waals surface area contributed by atoms with E-state index in [1.165, 1.54) is 19.3 Å². The van der Waals surface area contributed by atoms with Crippen molar-refractivity contribution in [1.82, 2.24) is 0 Å². The monoisotopic (exact) mass is 162 g/mol. The van der Waals surface area contributed by atoms with Crippen molar-refractivity contribution in [3.8, 4) is 0 Å². The third-order valence-electron chi connectivity index (χ3n) is 0.762. The molecule has 0 aromatic heterocycles. The van der Waals surface area contributed by atoms with Gasteiger partial charge < -0.3 is 10.2 Å². The van der Waals surface area contributed by atoms with Gasteiger partial charge in [-0.25, -0.2) is 0 Å². The van der Waals surface area contributed by atoms with Crippen molar-refractivity contribution in [1.29, 1.82) is 0 Å². The molecule has 0 radical (unpaired) electrons. The molecule has 0 aliphatic heterocycles. The summed E-state index contributed by atoms with van der Waals surface area (Å²) in [6, 6.07) is 0. The van der Waals surface area contributed by atoms with E-state index in [4.69, 9.17) is 10.2 Å². The molecule has 0 saturated carbocycles. The summed E-state index contributed by atoms with van der Waals surface area (Å²) in [7, 11) is 1.00. The maximum absolute atomic E-state index is 7.57. The normalized spacial score (nSPS) is 6.64. The molecule has 11 heavy (non-hydrogen) atoms. The van der Waals surface area contributed by atoms with Gasteiger partial charge in [-0.15, -0.1) is 6.58 Å². The van der Waals surface area contributed by atoms with Gasteiger partial charge in [0, 0.05) is 13.7 Å². The van der Waals surface area contributed by atoms with Crippen molar-refractivity contribution in [3.05, 3.63) is 12.7 Å². The van der Waals surface area contributed by atoms with Crippen molar-refractivity contribution in [2.24, 2.45) is 0 Å². The first-order chi connectivity index (χ1) is 5.33. The predicted octanol–water partition coefficient (Wildman–Crippen LogP) is 1.97. The third kappa shape index (κ3) is 80.1. The van der Waals surface area contributed by atoms with Gasteiger partial charge in [-0.05, 0) is 13.3 Å². The zero-order valence-corrected chi connectivity index (χ0v) is 8.01. The molecule has 0 saturated heterocycles. The van der Waals surface area contributed by atoms with E-state index in [0.29, 0.717) is 0 Å². The van der Waals surface area contributed by atoms with E-state index in [9.17, 15) is 0 Å². The molecule has 0 aliphatic rings. The SMILES string of the molecule is C=CCCCC.CCO.CO. The van der Waals surface area contributed by atoms with E-state index in [1.807, 2.05) is 6.08 Å². The molecule has 0 atom stereocenters. The van der Waals surface area contributed by atoms with Gasteiger partial charge in [-0.2, -0.15) is 0 Å². The van der Waals surface area contributed by atoms with E-state index in [1.54, 1.807) is 6.92 Å². The summed E-state index contributed by atoms with van der Waals surface area (Å²) in [4.78, 5) is 0. The van der Waals surface area contributed by atoms with Gasteiger partial charge in [0.15, 0.2) is 0 Å². The highest BCUT2D eigenvalue weighted by atomic mass is 16.2. The Kier molecular flexibility index (Phi) is 51.4. The molecule has 0 aromatic carbocycles. The van der Waals surface area contributed by atoms with Gasteiger partial charge in [0.25, 0.3) is 0 Å². The van der Waals surface area contributed by atoms with E-state index >= 15 is 0 Å². The van der Waals surface area contributed by atoms with Crippen LogP contribution in [0.15, 0.2) is 12.7 Å². The zero-order chi connectivity index (χ0) is 9.54. The first-order valence-corrected chi connectivity index (χ1v) is 3.99. The molecule has 0 unspecified atom stereocenters. The van der Waals surface area contributed by atoms with Crippen molar-refractivity contribution < 1.29 is 10.2 Å². The number of hydrogen-bond acceptors (Lipinski definition) is 2. The number of unbranched alkanes of at least 4 members (excludes halogenated alkanes) is 2. The first-order valence-electron chi connectivity index (χ1n) is 3.99. The Labute approximate surface area is 70.6 Å². The molecule has 2 nitrogen and oxygen atoms in total. The summed E-state index contributed by atoms with van der Waals surface area (Å²) < 4.78 is 0. The van der Waals surface area contributed by atoms with E-state index in [2.05, 4.69) is 13.5 Å². The van der Waals surface area contributed by atoms with Gasteiger partial charge >= 0.3 is 0 Å². The molecule has 0 aliphatic carbocycles. The van der Waals surface area contributed by atoms with E-state index in [-0.39, 0.29) is 6.61 Å². The maximum Gasteiger partial charge on any atom is 0.0402 e. The zero-order valence-electron chi connectivity index (χ0n) is 8.01. The van der Waals surface area contributed by atoms with Crippen molar-refractivity contribution in [2.75, 3.05) is 13.7 Å². The Balaban J connectivity index is -0.000000109. The van der Waals surface area contributed by atoms with Crippen LogP contribution >= 0.6 is 0 Å². The van der Waals surface area contributed by atoms with Crippen LogP contribution in [0.2, 0.25) is 0 Å². The lowest BCUT2D eigenvalue weighted by atomic mass is 10.3. The summed E-state index contributed by atoms with van der Waals surface area (Å²) in [6.45, 7) is 7.71. The molecule has 70 valence electrons. The summed E-state index contributed by atoms with van der Waals surface area (Å²) in [5.74, 6) is 0. The van der Waals surface area contributed by atoms with Crippen LogP contribution in [0.25, 0.3) is 0 Å². The van der Waals surface area contributed by atoms with Crippen molar-refractivity contribution in [3.63, 3.8) is 0 Å². The Morgan fingerprint density at radius 3 is 1.73 bits per heavy atom. The Hall–Kier alpha value is -0.340. The summed E-state index contributed by atoms with van der Waals surface area (Å²) in [6.07, 6.45) is 5.72. The Bertz CT molecular complexity index is 44.8. The largest absolute Gasteiger partial charge is 0.400 e. The van der Waals surface area contributed by atoms with Crippen LogP contribution in [-0.2, 0) is 0 Å². The van der Waals surface area contributed by atoms with Crippen LogP contribution in [0, 0.1) is 0 Å². The molecule has 0 amide bonds. The average Bonchev–Trinajstić information content (AvgIpc) is 2.06. The van der Waals surface area contributed by atoms with Gasteiger partial charge in [-0.3, -0.25) is 0 Å². The lowest BCUT2D eigenvalue weighted by Gasteiger charge is -1.81. The third-order valence-corrected chi connectivity index (χ3v) is 0.762. The average molecular weight is 162 g/mol. The molecule has 0 heterocycles. The van der Waals surface area contributed by atoms with Crippen molar-refractivity contribution >= 4 is 0 Å². The van der Waals surface area contributed by atoms with Crippen LogP contribution in [-0.4, -0.2) is 23.9 Å². The smallest absolute Gasteiger partial charge is 0.0402 e. The second-order valence-corrected chi connectivity index (χ2v) is 1.75. The molecule has 2 heteroatoms. The number of hydrogen-bond donors (Lipinski definition) is 2. The molecular weight excluding hydrogens is 140 g/mol. The highest BCUT2D eigenvalue weighted by Gasteiger charge is 1.71. The number of rotatable bonds is 3. The van der Waals surface area contributed by atoms with E-state index in [0.717, 1.165) is 7.11 Å². The minimum Gasteiger partial charge on any atom is -0.400 e. The fourth-order valence-corrected chi connectivity index (χ4v) is 0.348. The number of aliphatic hydroxyl groups is 2. The number of aliphatic hydroxyl groups excluding tert-OH is 2. The van der Waals surface area contributed by atoms with Crippen LogP contribution < -0.4 is 0 Å². The van der Waals surface area contributed by atoms with Crippen LogP contribution in [0.4, 0.5) is 0 Å². The fraction of sp³-hybridized carbons (Fsp3) is 0.778. The molecule has 2 N–H and O–H groups in total. The van der Waals surface area contributed by atoms with Gasteiger partial charge in [0.1, 0.15) is 0 Å². The maximum atomic E-state index is 7.57. The topological polar surface area (TPSA) is 40.5 Å². The van der Waals surface area contributed by atoms with Gasteiger partial charge in [-0.1, -0.05) is 25.8 Å². The van der Waals surface area contributed by atoms with Crippen LogP contribution in [0.5, 0.6) is 0 Å². The highest BCUT2D eigenvalue weighted by molar-refractivity contribution is 4.64. The second kappa shape index (κ2) is 33.4. The molecule has 0 spiro atoms. The fourth-order valence-electron chi connectivity index (χ4n) is 0.348. The number of allylic oxidation sites excluding steroid dienone is 1. The van der Waals surface area contributed by atoms with E-state index < -0.39 is 0 Å². The molecular formula is C9H22O2. The Morgan fingerprint density at radius 2 is 1.64 bits per heavy atom. The van der Waals surface area contributed by atoms with Crippen LogP contribution in [0.3, 0.4) is 0 Å². The Morgan fingerprint density at radius 1 is 1.27 bits per heavy atom. The second-order valence-electron chi connectivity index (χ2n) is 1.75.